The molecule has 3 N–H and O–H groups in total. The number of hydrogen-bond donors (Lipinski definition) is 3. The van der Waals surface area contributed by atoms with Crippen LogP contribution in [0.25, 0.3) is 0 Å². The summed E-state index contributed by atoms with van der Waals surface area (Å²) in [6.45, 7) is 0. The third kappa shape index (κ3) is 4.72. The lowest BCUT2D eigenvalue weighted by Gasteiger charge is -2.38. The summed E-state index contributed by atoms with van der Waals surface area (Å²) >= 11 is 0. The molecule has 1 aromatic rings. The second-order valence-corrected chi connectivity index (χ2v) is 9.63. The molecule has 1 atom stereocenters. The van der Waals surface area contributed by atoms with Crippen LogP contribution in [-0.2, 0) is 11.2 Å². The molecule has 2 saturated carbocycles. The van der Waals surface area contributed by atoms with Gasteiger partial charge in [-0.15, -0.1) is 0 Å². The summed E-state index contributed by atoms with van der Waals surface area (Å²) < 4.78 is 0. The fourth-order valence-electron chi connectivity index (χ4n) is 6.24. The van der Waals surface area contributed by atoms with Crippen LogP contribution in [0.2, 0.25) is 0 Å². The maximum absolute atomic E-state index is 13.6. The highest BCUT2D eigenvalue weighted by molar-refractivity contribution is 5.93. The van der Waals surface area contributed by atoms with Crippen LogP contribution in [0, 0.1) is 17.8 Å². The predicted octanol–water partition coefficient (Wildman–Crippen LogP) is 5.08. The van der Waals surface area contributed by atoms with Gasteiger partial charge in [0.2, 0.25) is 5.91 Å². The molecule has 5 nitrogen and oxygen atoms in total. The van der Waals surface area contributed by atoms with Crippen molar-refractivity contribution < 1.29 is 14.8 Å². The van der Waals surface area contributed by atoms with Gasteiger partial charge in [0.1, 0.15) is 0 Å². The first kappa shape index (κ1) is 21.4. The summed E-state index contributed by atoms with van der Waals surface area (Å²) in [6.07, 6.45) is 15.4. The molecule has 0 radical (unpaired) electrons. The van der Waals surface area contributed by atoms with E-state index in [1.54, 1.807) is 11.5 Å². The van der Waals surface area contributed by atoms with Crippen molar-refractivity contribution in [2.24, 2.45) is 17.8 Å². The second-order valence-electron chi connectivity index (χ2n) is 9.63. The van der Waals surface area contributed by atoms with Crippen molar-refractivity contribution in [3.8, 4) is 0 Å². The molecule has 1 aromatic carbocycles. The zero-order chi connectivity index (χ0) is 20.9. The Kier molecular flexibility index (Phi) is 7.08. The third-order valence-electron chi connectivity index (χ3n) is 7.76. The lowest BCUT2D eigenvalue weighted by Crippen LogP contribution is -2.43. The Morgan fingerprint density at radius 1 is 0.867 bits per heavy atom. The first-order chi connectivity index (χ1) is 14.7. The molecule has 2 fully saturated rings. The van der Waals surface area contributed by atoms with Crippen LogP contribution in [-0.4, -0.2) is 17.0 Å². The molecule has 30 heavy (non-hydrogen) atoms. The molecule has 164 valence electrons. The van der Waals surface area contributed by atoms with E-state index in [0.717, 1.165) is 30.4 Å². The molecule has 0 bridgehead atoms. The Bertz CT molecular complexity index is 733. The molecule has 3 aliphatic rings. The van der Waals surface area contributed by atoms with Crippen molar-refractivity contribution in [1.29, 1.82) is 0 Å². The van der Waals surface area contributed by atoms with E-state index in [1.807, 2.05) is 12.1 Å². The number of hydroxylamine groups is 1. The van der Waals surface area contributed by atoms with Crippen LogP contribution in [0.1, 0.15) is 105 Å². The van der Waals surface area contributed by atoms with Crippen molar-refractivity contribution in [2.75, 3.05) is 0 Å². The van der Waals surface area contributed by atoms with Gasteiger partial charge in [0.25, 0.3) is 5.91 Å². The van der Waals surface area contributed by atoms with Crippen LogP contribution in [0.3, 0.4) is 0 Å². The van der Waals surface area contributed by atoms with E-state index in [2.05, 4.69) is 5.32 Å². The van der Waals surface area contributed by atoms with E-state index < -0.39 is 5.91 Å². The standard InChI is InChI=1S/C25H36N2O3/c28-24(27-30)20-14-15-21-19(16-20)12-7-13-22(21)26-25(29)23(17-8-3-1-4-9-17)18-10-5-2-6-11-18/h14-18,22-23,30H,1-13H2,(H,26,29)(H,27,28). The average Bonchev–Trinajstić information content (AvgIpc) is 2.80. The van der Waals surface area contributed by atoms with Crippen LogP contribution >= 0.6 is 0 Å². The topological polar surface area (TPSA) is 78.4 Å². The van der Waals surface area contributed by atoms with E-state index in [-0.39, 0.29) is 17.9 Å². The van der Waals surface area contributed by atoms with Gasteiger partial charge in [-0.3, -0.25) is 14.8 Å². The van der Waals surface area contributed by atoms with E-state index in [4.69, 9.17) is 5.21 Å². The molecule has 1 unspecified atom stereocenters. The first-order valence-electron chi connectivity index (χ1n) is 12.0. The number of carbonyl (C=O) groups excluding carboxylic acids is 2. The summed E-state index contributed by atoms with van der Waals surface area (Å²) in [5.41, 5.74) is 4.42. The lowest BCUT2D eigenvalue weighted by atomic mass is 9.69. The molecular weight excluding hydrogens is 376 g/mol. The Labute approximate surface area is 180 Å². The van der Waals surface area contributed by atoms with Crippen LogP contribution in [0.5, 0.6) is 0 Å². The first-order valence-corrected chi connectivity index (χ1v) is 12.0. The molecule has 0 aliphatic heterocycles. The monoisotopic (exact) mass is 412 g/mol. The fourth-order valence-corrected chi connectivity index (χ4v) is 6.24. The van der Waals surface area contributed by atoms with Gasteiger partial charge in [-0.05, 0) is 80.0 Å². The quantitative estimate of drug-likeness (QED) is 0.466. The molecular formula is C25H36N2O3. The molecule has 4 rings (SSSR count). The Balaban J connectivity index is 1.52. The number of carbonyl (C=O) groups is 2. The molecule has 5 heteroatoms. The molecule has 0 heterocycles. The second kappa shape index (κ2) is 9.95. The van der Waals surface area contributed by atoms with Gasteiger partial charge in [0, 0.05) is 11.5 Å². The van der Waals surface area contributed by atoms with Gasteiger partial charge in [-0.25, -0.2) is 5.48 Å². The van der Waals surface area contributed by atoms with Crippen molar-refractivity contribution in [3.05, 3.63) is 34.9 Å². The predicted molar refractivity (Wildman–Crippen MR) is 116 cm³/mol. The van der Waals surface area contributed by atoms with Crippen molar-refractivity contribution in [1.82, 2.24) is 10.8 Å². The molecule has 3 aliphatic carbocycles. The van der Waals surface area contributed by atoms with Gasteiger partial charge in [-0.1, -0.05) is 44.6 Å². The SMILES string of the molecule is O=C(NO)c1ccc2c(c1)CCCC2NC(=O)C(C1CCCCC1)C1CCCCC1. The number of rotatable bonds is 5. The minimum Gasteiger partial charge on any atom is -0.349 e. The Morgan fingerprint density at radius 3 is 2.10 bits per heavy atom. The van der Waals surface area contributed by atoms with E-state index >= 15 is 0 Å². The van der Waals surface area contributed by atoms with E-state index in [9.17, 15) is 9.59 Å². The summed E-state index contributed by atoms with van der Waals surface area (Å²) in [4.78, 5) is 25.4. The zero-order valence-electron chi connectivity index (χ0n) is 18.0. The number of hydrogen-bond acceptors (Lipinski definition) is 3. The fraction of sp³-hybridized carbons (Fsp3) is 0.680. The minimum absolute atomic E-state index is 0.0298. The lowest BCUT2D eigenvalue weighted by molar-refractivity contribution is -0.130. The highest BCUT2D eigenvalue weighted by Gasteiger charge is 2.37. The molecule has 0 aromatic heterocycles. The molecule has 0 saturated heterocycles. The van der Waals surface area contributed by atoms with Gasteiger partial charge in [-0.2, -0.15) is 0 Å². The zero-order valence-corrected chi connectivity index (χ0v) is 18.0. The van der Waals surface area contributed by atoms with Crippen molar-refractivity contribution >= 4 is 11.8 Å². The summed E-state index contributed by atoms with van der Waals surface area (Å²) in [5, 5.41) is 12.4. The Hall–Kier alpha value is -1.88. The minimum atomic E-state index is -0.487. The number of benzene rings is 1. The highest BCUT2D eigenvalue weighted by atomic mass is 16.5. The van der Waals surface area contributed by atoms with E-state index in [0.29, 0.717) is 17.4 Å². The third-order valence-corrected chi connectivity index (χ3v) is 7.76. The maximum atomic E-state index is 13.6. The summed E-state index contributed by atoms with van der Waals surface area (Å²) in [6, 6.07) is 5.59. The van der Waals surface area contributed by atoms with Crippen LogP contribution < -0.4 is 10.8 Å². The van der Waals surface area contributed by atoms with Gasteiger partial charge in [0.15, 0.2) is 0 Å². The number of amides is 2. The highest BCUT2D eigenvalue weighted by Crippen LogP contribution is 2.41. The van der Waals surface area contributed by atoms with Gasteiger partial charge < -0.3 is 5.32 Å². The smallest absolute Gasteiger partial charge is 0.274 e. The van der Waals surface area contributed by atoms with Crippen molar-refractivity contribution in [3.63, 3.8) is 0 Å². The van der Waals surface area contributed by atoms with Crippen LogP contribution in [0.4, 0.5) is 0 Å². The maximum Gasteiger partial charge on any atom is 0.274 e. The van der Waals surface area contributed by atoms with Gasteiger partial charge >= 0.3 is 0 Å². The van der Waals surface area contributed by atoms with Crippen LogP contribution in [0.15, 0.2) is 18.2 Å². The summed E-state index contributed by atoms with van der Waals surface area (Å²) in [7, 11) is 0. The van der Waals surface area contributed by atoms with E-state index in [1.165, 1.54) is 64.2 Å². The largest absolute Gasteiger partial charge is 0.349 e. The number of aryl methyl sites for hydroxylation is 1. The van der Waals surface area contributed by atoms with Crippen molar-refractivity contribution in [2.45, 2.75) is 89.5 Å². The average molecular weight is 413 g/mol. The normalized spacial score (nSPS) is 23.1. The molecule has 2 amide bonds. The number of fused-ring (bicyclic) bond motifs is 1. The molecule has 0 spiro atoms. The summed E-state index contributed by atoms with van der Waals surface area (Å²) in [5.74, 6) is 1.03. The Morgan fingerprint density at radius 2 is 1.50 bits per heavy atom. The number of nitrogens with one attached hydrogen (secondary N) is 2. The van der Waals surface area contributed by atoms with Gasteiger partial charge in [0.05, 0.1) is 6.04 Å².